The highest BCUT2D eigenvalue weighted by Gasteiger charge is 2.15. The van der Waals surface area contributed by atoms with Crippen molar-refractivity contribution in [1.82, 2.24) is 0 Å². The minimum atomic E-state index is -0.400. The Hall–Kier alpha value is -1.65. The molecule has 1 aromatic heterocycles. The van der Waals surface area contributed by atoms with Crippen LogP contribution >= 0.6 is 22.9 Å². The van der Waals surface area contributed by atoms with Crippen molar-refractivity contribution < 1.29 is 14.3 Å². The quantitative estimate of drug-likeness (QED) is 0.636. The van der Waals surface area contributed by atoms with Gasteiger partial charge in [0.2, 0.25) is 5.78 Å². The van der Waals surface area contributed by atoms with Gasteiger partial charge in [0.25, 0.3) is 0 Å². The molecule has 0 unspecified atom stereocenters. The molecule has 3 nitrogen and oxygen atoms in total. The van der Waals surface area contributed by atoms with Crippen LogP contribution in [0.15, 0.2) is 36.4 Å². The summed E-state index contributed by atoms with van der Waals surface area (Å²) in [7, 11) is 0. The highest BCUT2D eigenvalue weighted by atomic mass is 35.5. The molecule has 98 valence electrons. The normalized spacial score (nSPS) is 10.2. The lowest BCUT2D eigenvalue weighted by Crippen LogP contribution is -2.01. The van der Waals surface area contributed by atoms with Crippen LogP contribution in [-0.4, -0.2) is 18.4 Å². The van der Waals surface area contributed by atoms with Crippen LogP contribution in [0.4, 0.5) is 0 Å². The van der Waals surface area contributed by atoms with Crippen molar-refractivity contribution in [2.45, 2.75) is 6.92 Å². The third-order valence-electron chi connectivity index (χ3n) is 2.41. The third-order valence-corrected chi connectivity index (χ3v) is 3.73. The monoisotopic (exact) mass is 294 g/mol. The number of carbonyl (C=O) groups excluding carboxylic acids is 2. The summed E-state index contributed by atoms with van der Waals surface area (Å²) in [6.07, 6.45) is 0. The van der Waals surface area contributed by atoms with E-state index in [9.17, 15) is 9.59 Å². The van der Waals surface area contributed by atoms with Crippen molar-refractivity contribution in [3.05, 3.63) is 56.7 Å². The molecule has 5 heteroatoms. The maximum Gasteiger partial charge on any atom is 0.348 e. The largest absolute Gasteiger partial charge is 0.462 e. The van der Waals surface area contributed by atoms with E-state index < -0.39 is 5.97 Å². The molecule has 0 amide bonds. The minimum absolute atomic E-state index is 0.128. The predicted molar refractivity (Wildman–Crippen MR) is 75.2 cm³/mol. The summed E-state index contributed by atoms with van der Waals surface area (Å²) >= 11 is 6.90. The zero-order valence-corrected chi connectivity index (χ0v) is 11.8. The third kappa shape index (κ3) is 3.22. The Kier molecular flexibility index (Phi) is 4.35. The van der Waals surface area contributed by atoms with E-state index in [2.05, 4.69) is 0 Å². The smallest absolute Gasteiger partial charge is 0.348 e. The molecular formula is C14H11ClO3S. The number of halogens is 1. The van der Waals surface area contributed by atoms with Crippen LogP contribution in [0.1, 0.15) is 31.8 Å². The number of benzene rings is 1. The van der Waals surface area contributed by atoms with Gasteiger partial charge in [0, 0.05) is 10.6 Å². The van der Waals surface area contributed by atoms with Gasteiger partial charge in [-0.1, -0.05) is 11.6 Å². The lowest BCUT2D eigenvalue weighted by molar-refractivity contribution is 0.0532. The molecule has 0 N–H and O–H groups in total. The van der Waals surface area contributed by atoms with E-state index in [1.807, 2.05) is 0 Å². The van der Waals surface area contributed by atoms with Crippen molar-refractivity contribution in [2.75, 3.05) is 6.61 Å². The first kappa shape index (κ1) is 13.8. The number of ketones is 1. The second kappa shape index (κ2) is 5.99. The lowest BCUT2D eigenvalue weighted by atomic mass is 10.1. The molecule has 0 aliphatic heterocycles. The SMILES string of the molecule is CCOC(=O)c1ccc(C(=O)c2ccc(Cl)cc2)s1. The molecule has 19 heavy (non-hydrogen) atoms. The molecule has 0 radical (unpaired) electrons. The molecule has 0 aliphatic carbocycles. The zero-order chi connectivity index (χ0) is 13.8. The summed E-state index contributed by atoms with van der Waals surface area (Å²) in [6, 6.07) is 9.88. The van der Waals surface area contributed by atoms with Crippen molar-refractivity contribution in [1.29, 1.82) is 0 Å². The highest BCUT2D eigenvalue weighted by Crippen LogP contribution is 2.21. The number of ether oxygens (including phenoxy) is 1. The Labute approximate surface area is 119 Å². The molecule has 0 aliphatic rings. The van der Waals surface area contributed by atoms with Crippen molar-refractivity contribution in [2.24, 2.45) is 0 Å². The molecule has 0 fully saturated rings. The molecule has 0 spiro atoms. The van der Waals surface area contributed by atoms with Gasteiger partial charge in [0.1, 0.15) is 4.88 Å². The van der Waals surface area contributed by atoms with Crippen molar-refractivity contribution >= 4 is 34.7 Å². The summed E-state index contributed by atoms with van der Waals surface area (Å²) < 4.78 is 4.89. The first-order valence-electron chi connectivity index (χ1n) is 5.69. The fraction of sp³-hybridized carbons (Fsp3) is 0.143. The summed E-state index contributed by atoms with van der Waals surface area (Å²) in [5.74, 6) is -0.528. The van der Waals surface area contributed by atoms with Gasteiger partial charge in [-0.25, -0.2) is 4.79 Å². The van der Waals surface area contributed by atoms with Gasteiger partial charge < -0.3 is 4.74 Å². The van der Waals surface area contributed by atoms with Gasteiger partial charge >= 0.3 is 5.97 Å². The number of thiophene rings is 1. The number of hydrogen-bond acceptors (Lipinski definition) is 4. The van der Waals surface area contributed by atoms with Crippen LogP contribution in [0.2, 0.25) is 5.02 Å². The maximum atomic E-state index is 12.2. The average Bonchev–Trinajstić information content (AvgIpc) is 2.89. The van der Waals surface area contributed by atoms with Gasteiger partial charge in [-0.05, 0) is 43.3 Å². The standard InChI is InChI=1S/C14H11ClO3S/c1-2-18-14(17)12-8-7-11(19-12)13(16)9-3-5-10(15)6-4-9/h3-8H,2H2,1H3. The molecular weight excluding hydrogens is 284 g/mol. The second-order valence-corrected chi connectivity index (χ2v) is 5.24. The molecule has 0 atom stereocenters. The molecule has 0 saturated heterocycles. The molecule has 1 aromatic carbocycles. The van der Waals surface area contributed by atoms with Crippen molar-refractivity contribution in [3.8, 4) is 0 Å². The van der Waals surface area contributed by atoms with Crippen LogP contribution in [0, 0.1) is 0 Å². The minimum Gasteiger partial charge on any atom is -0.462 e. The van der Waals surface area contributed by atoms with Gasteiger partial charge in [-0.3, -0.25) is 4.79 Å². The van der Waals surface area contributed by atoms with Gasteiger partial charge in [-0.15, -0.1) is 11.3 Å². The summed E-state index contributed by atoms with van der Waals surface area (Å²) in [6.45, 7) is 2.06. The first-order valence-corrected chi connectivity index (χ1v) is 6.88. The predicted octanol–water partition coefficient (Wildman–Crippen LogP) is 3.81. The molecule has 1 heterocycles. The number of esters is 1. The van der Waals surface area contributed by atoms with Crippen LogP contribution in [0.3, 0.4) is 0 Å². The van der Waals surface area contributed by atoms with Gasteiger partial charge in [0.05, 0.1) is 11.5 Å². The number of hydrogen-bond donors (Lipinski definition) is 0. The number of carbonyl (C=O) groups is 2. The Bertz CT molecular complexity index is 601. The summed E-state index contributed by atoms with van der Waals surface area (Å²) in [4.78, 5) is 24.6. The van der Waals surface area contributed by atoms with Crippen molar-refractivity contribution in [3.63, 3.8) is 0 Å². The topological polar surface area (TPSA) is 43.4 Å². The van der Waals surface area contributed by atoms with E-state index in [-0.39, 0.29) is 5.78 Å². The van der Waals surface area contributed by atoms with Crippen LogP contribution in [0.25, 0.3) is 0 Å². The van der Waals surface area contributed by atoms with E-state index in [4.69, 9.17) is 16.3 Å². The Morgan fingerprint density at radius 3 is 2.37 bits per heavy atom. The lowest BCUT2D eigenvalue weighted by Gasteiger charge is -1.98. The van der Waals surface area contributed by atoms with Crippen LogP contribution in [-0.2, 0) is 4.74 Å². The molecule has 2 aromatic rings. The Balaban J connectivity index is 2.20. The zero-order valence-electron chi connectivity index (χ0n) is 10.2. The van der Waals surface area contributed by atoms with Gasteiger partial charge in [-0.2, -0.15) is 0 Å². The fourth-order valence-electron chi connectivity index (χ4n) is 1.52. The summed E-state index contributed by atoms with van der Waals surface area (Å²) in [5.41, 5.74) is 0.543. The average molecular weight is 295 g/mol. The van der Waals surface area contributed by atoms with Gasteiger partial charge in [0.15, 0.2) is 0 Å². The van der Waals surface area contributed by atoms with Crippen LogP contribution in [0.5, 0.6) is 0 Å². The first-order chi connectivity index (χ1) is 9.11. The van der Waals surface area contributed by atoms with Crippen LogP contribution < -0.4 is 0 Å². The van der Waals surface area contributed by atoms with E-state index in [0.717, 1.165) is 11.3 Å². The Morgan fingerprint density at radius 1 is 1.11 bits per heavy atom. The van der Waals surface area contributed by atoms with E-state index in [1.54, 1.807) is 43.3 Å². The Morgan fingerprint density at radius 2 is 1.74 bits per heavy atom. The maximum absolute atomic E-state index is 12.2. The summed E-state index contributed by atoms with van der Waals surface area (Å²) in [5, 5.41) is 0.579. The van der Waals surface area contributed by atoms with E-state index >= 15 is 0 Å². The van der Waals surface area contributed by atoms with E-state index in [1.165, 1.54) is 0 Å². The number of rotatable bonds is 4. The molecule has 0 saturated carbocycles. The molecule has 0 bridgehead atoms. The molecule has 2 rings (SSSR count). The fourth-order valence-corrected chi connectivity index (χ4v) is 2.50. The van der Waals surface area contributed by atoms with E-state index in [0.29, 0.717) is 26.9 Å². The second-order valence-electron chi connectivity index (χ2n) is 3.72. The highest BCUT2D eigenvalue weighted by molar-refractivity contribution is 7.16.